The van der Waals surface area contributed by atoms with Crippen molar-refractivity contribution in [3.63, 3.8) is 0 Å². The minimum Gasteiger partial charge on any atom is -0.425 e. The average Bonchev–Trinajstić information content (AvgIpc) is 3.22. The van der Waals surface area contributed by atoms with Gasteiger partial charge in [0.25, 0.3) is 0 Å². The van der Waals surface area contributed by atoms with Gasteiger partial charge in [-0.2, -0.15) is 0 Å². The third-order valence-electron chi connectivity index (χ3n) is 10.2. The van der Waals surface area contributed by atoms with Gasteiger partial charge in [-0.3, -0.25) is 0 Å². The van der Waals surface area contributed by atoms with Gasteiger partial charge in [-0.05, 0) is 61.7 Å². The highest BCUT2D eigenvalue weighted by Gasteiger charge is 2.74. The largest absolute Gasteiger partial charge is 0.425 e. The van der Waals surface area contributed by atoms with Crippen LogP contribution in [0.3, 0.4) is 0 Å². The van der Waals surface area contributed by atoms with E-state index in [0.29, 0.717) is 28.6 Å². The van der Waals surface area contributed by atoms with E-state index in [0.717, 1.165) is 88.1 Å². The van der Waals surface area contributed by atoms with E-state index < -0.39 is 0 Å². The maximum absolute atomic E-state index is 13.1. The van der Waals surface area contributed by atoms with E-state index in [1.54, 1.807) is 0 Å². The van der Waals surface area contributed by atoms with Gasteiger partial charge in [-0.25, -0.2) is 4.79 Å². The first-order valence-corrected chi connectivity index (χ1v) is 13.9. The lowest BCUT2D eigenvalue weighted by atomic mass is 9.31. The zero-order valence-corrected chi connectivity index (χ0v) is 21.7. The van der Waals surface area contributed by atoms with Crippen LogP contribution >= 0.6 is 0 Å². The van der Waals surface area contributed by atoms with Crippen LogP contribution in [-0.4, -0.2) is 67.4 Å². The molecule has 7 aliphatic rings. The van der Waals surface area contributed by atoms with Gasteiger partial charge in [0.15, 0.2) is 0 Å². The van der Waals surface area contributed by atoms with Gasteiger partial charge >= 0.3 is 6.03 Å². The number of nitrogens with zero attached hydrogens (tertiary/aromatic N) is 6. The Morgan fingerprint density at radius 2 is 1.64 bits per heavy atom. The van der Waals surface area contributed by atoms with Crippen LogP contribution in [-0.2, 0) is 11.8 Å². The van der Waals surface area contributed by atoms with Crippen molar-refractivity contribution >= 4 is 6.03 Å². The summed E-state index contributed by atoms with van der Waals surface area (Å²) in [6, 6.07) is 0.251. The molecule has 0 unspecified atom stereocenters. The molecule has 36 heavy (non-hydrogen) atoms. The Labute approximate surface area is 211 Å². The van der Waals surface area contributed by atoms with Crippen LogP contribution < -0.4 is 0 Å². The first kappa shape index (κ1) is 21.6. The Balaban J connectivity index is 0.797. The zero-order chi connectivity index (χ0) is 24.5. The minimum atomic E-state index is 0.126. The van der Waals surface area contributed by atoms with E-state index in [1.807, 2.05) is 0 Å². The SMILES string of the molecule is CC(C)(C)Cc1nnc(C23CC(C4CN(C(=O)N5CC6(CC(c7nnc(C8CC8)[nH]7)C6)C5)C4)(C2)C3)o1. The molecule has 2 saturated heterocycles. The molecule has 1 spiro atoms. The summed E-state index contributed by atoms with van der Waals surface area (Å²) < 4.78 is 6.08. The minimum absolute atomic E-state index is 0.126. The smallest absolute Gasteiger partial charge is 0.320 e. The molecular weight excluding hydrogens is 454 g/mol. The summed E-state index contributed by atoms with van der Waals surface area (Å²) in [5.41, 5.74) is 1.01. The van der Waals surface area contributed by atoms with Crippen LogP contribution in [0.4, 0.5) is 4.79 Å². The molecule has 9 heteroatoms. The maximum atomic E-state index is 13.1. The molecule has 192 valence electrons. The Morgan fingerprint density at radius 1 is 0.972 bits per heavy atom. The van der Waals surface area contributed by atoms with Crippen molar-refractivity contribution in [1.29, 1.82) is 0 Å². The lowest BCUT2D eigenvalue weighted by Gasteiger charge is -2.74. The Kier molecular flexibility index (Phi) is 4.02. The number of carbonyl (C=O) groups excluding carboxylic acids is 1. The summed E-state index contributed by atoms with van der Waals surface area (Å²) in [5, 5.41) is 17.5. The number of carbonyl (C=O) groups is 1. The highest BCUT2D eigenvalue weighted by molar-refractivity contribution is 5.76. The van der Waals surface area contributed by atoms with E-state index >= 15 is 0 Å². The van der Waals surface area contributed by atoms with Crippen molar-refractivity contribution in [3.05, 3.63) is 23.4 Å². The van der Waals surface area contributed by atoms with E-state index in [2.05, 4.69) is 55.9 Å². The van der Waals surface area contributed by atoms with Crippen molar-refractivity contribution in [3.8, 4) is 0 Å². The number of likely N-dealkylation sites (tertiary alicyclic amines) is 2. The first-order valence-electron chi connectivity index (χ1n) is 13.9. The van der Waals surface area contributed by atoms with Crippen LogP contribution in [0.5, 0.6) is 0 Å². The molecular formula is C27H37N7O2. The number of hydrogen-bond donors (Lipinski definition) is 1. The number of urea groups is 1. The topological polar surface area (TPSA) is 104 Å². The third kappa shape index (κ3) is 3.09. The second kappa shape index (κ2) is 6.70. The van der Waals surface area contributed by atoms with Gasteiger partial charge in [0, 0.05) is 49.9 Å². The molecule has 2 amide bonds. The fourth-order valence-electron chi connectivity index (χ4n) is 8.09. The highest BCUT2D eigenvalue weighted by Crippen LogP contribution is 2.77. The Morgan fingerprint density at radius 3 is 2.28 bits per heavy atom. The predicted octanol–water partition coefficient (Wildman–Crippen LogP) is 4.01. The summed E-state index contributed by atoms with van der Waals surface area (Å²) in [5.74, 6) is 5.53. The van der Waals surface area contributed by atoms with Crippen LogP contribution in [0.2, 0.25) is 0 Å². The molecule has 0 radical (unpaired) electrons. The standard InChI is InChI=1S/C27H37N7O2/c1-24(2,3)8-19-29-32-22(36-19)27-11-26(12-27,13-27)18-9-33(10-18)23(35)34-14-25(15-34)6-17(7-25)21-28-20(30-31-21)16-4-5-16/h16-18H,4-15H2,1-3H3,(H,28,30,31). The first-order chi connectivity index (χ1) is 17.1. The quantitative estimate of drug-likeness (QED) is 0.678. The molecule has 2 aromatic rings. The van der Waals surface area contributed by atoms with Crippen LogP contribution in [0, 0.1) is 22.2 Å². The lowest BCUT2D eigenvalue weighted by molar-refractivity contribution is -0.217. The number of nitrogens with one attached hydrogen (secondary N) is 1. The molecule has 2 bridgehead atoms. The Bertz CT molecular complexity index is 1200. The molecule has 1 N–H and O–H groups in total. The molecule has 5 saturated carbocycles. The molecule has 9 nitrogen and oxygen atoms in total. The number of rotatable bonds is 5. The van der Waals surface area contributed by atoms with Crippen molar-refractivity contribution in [2.45, 2.75) is 89.4 Å². The molecule has 2 aromatic heterocycles. The molecule has 0 aromatic carbocycles. The number of aromatic nitrogens is 5. The monoisotopic (exact) mass is 491 g/mol. The van der Waals surface area contributed by atoms with Gasteiger partial charge in [0.05, 0.1) is 5.41 Å². The van der Waals surface area contributed by atoms with E-state index in [9.17, 15) is 4.79 Å². The zero-order valence-electron chi connectivity index (χ0n) is 21.7. The number of H-pyrrole nitrogens is 1. The molecule has 7 fully saturated rings. The lowest BCUT2D eigenvalue weighted by Crippen LogP contribution is -2.74. The fourth-order valence-corrected chi connectivity index (χ4v) is 8.09. The summed E-state index contributed by atoms with van der Waals surface area (Å²) in [6.45, 7) is 10.3. The molecule has 2 aliphatic heterocycles. The summed E-state index contributed by atoms with van der Waals surface area (Å²) >= 11 is 0. The van der Waals surface area contributed by atoms with E-state index in [-0.39, 0.29) is 16.9 Å². The second-order valence-corrected chi connectivity index (χ2v) is 14.6. The van der Waals surface area contributed by atoms with Gasteiger partial charge in [-0.15, -0.1) is 20.4 Å². The molecule has 0 atom stereocenters. The Hall–Kier alpha value is -2.45. The maximum Gasteiger partial charge on any atom is 0.320 e. The van der Waals surface area contributed by atoms with Gasteiger partial charge in [-0.1, -0.05) is 20.8 Å². The summed E-state index contributed by atoms with van der Waals surface area (Å²) in [6.07, 6.45) is 9.05. The third-order valence-corrected chi connectivity index (χ3v) is 10.2. The van der Waals surface area contributed by atoms with Gasteiger partial charge in [0.1, 0.15) is 11.6 Å². The fraction of sp³-hybridized carbons (Fsp3) is 0.815. The van der Waals surface area contributed by atoms with Crippen molar-refractivity contribution in [2.24, 2.45) is 22.2 Å². The summed E-state index contributed by atoms with van der Waals surface area (Å²) in [7, 11) is 0. The number of amides is 2. The van der Waals surface area contributed by atoms with Gasteiger partial charge < -0.3 is 19.2 Å². The number of hydrogen-bond acceptors (Lipinski definition) is 6. The van der Waals surface area contributed by atoms with Gasteiger partial charge in [0.2, 0.25) is 11.8 Å². The molecule has 9 rings (SSSR count). The highest BCUT2D eigenvalue weighted by atomic mass is 16.4. The number of aromatic amines is 1. The predicted molar refractivity (Wildman–Crippen MR) is 130 cm³/mol. The normalized spacial score (nSPS) is 33.0. The molecule has 5 aliphatic carbocycles. The van der Waals surface area contributed by atoms with Crippen LogP contribution in [0.15, 0.2) is 4.42 Å². The van der Waals surface area contributed by atoms with Crippen molar-refractivity contribution in [1.82, 2.24) is 35.2 Å². The van der Waals surface area contributed by atoms with Crippen molar-refractivity contribution < 1.29 is 9.21 Å². The van der Waals surface area contributed by atoms with E-state index in [4.69, 9.17) is 4.42 Å². The van der Waals surface area contributed by atoms with Crippen LogP contribution in [0.1, 0.15) is 101 Å². The van der Waals surface area contributed by atoms with Crippen LogP contribution in [0.25, 0.3) is 0 Å². The van der Waals surface area contributed by atoms with E-state index in [1.165, 1.54) is 12.8 Å². The average molecular weight is 492 g/mol. The van der Waals surface area contributed by atoms with Crippen molar-refractivity contribution in [2.75, 3.05) is 26.2 Å². The molecule has 4 heterocycles. The summed E-state index contributed by atoms with van der Waals surface area (Å²) in [4.78, 5) is 20.7. The second-order valence-electron chi connectivity index (χ2n) is 14.6.